The summed E-state index contributed by atoms with van der Waals surface area (Å²) in [7, 11) is 0. The average molecular weight is 342 g/mol. The van der Waals surface area contributed by atoms with Gasteiger partial charge in [0.2, 0.25) is 0 Å². The van der Waals surface area contributed by atoms with E-state index in [4.69, 9.17) is 20.4 Å². The third-order valence-electron chi connectivity index (χ3n) is 1.91. The zero-order chi connectivity index (χ0) is 12.9. The predicted molar refractivity (Wildman–Crippen MR) is 46.8 cm³/mol. The SMILES string of the molecule is O=C(O)CC(C(=O)O)C(CC(=O)O)C(=O)O.[Ag]. The van der Waals surface area contributed by atoms with Crippen LogP contribution in [-0.2, 0) is 41.6 Å². The molecule has 0 saturated carbocycles. The van der Waals surface area contributed by atoms with E-state index in [0.717, 1.165) is 0 Å². The standard InChI is InChI=1S/C8H10O8.Ag/c9-5(10)1-3(7(13)14)4(8(15)16)2-6(11)12;/h3-4H,1-2H2,(H,9,10)(H,11,12)(H,13,14)(H,15,16);. The molecule has 0 aromatic carbocycles. The van der Waals surface area contributed by atoms with Gasteiger partial charge >= 0.3 is 23.9 Å². The summed E-state index contributed by atoms with van der Waals surface area (Å²) in [5.41, 5.74) is 0. The van der Waals surface area contributed by atoms with Crippen LogP contribution in [0.3, 0.4) is 0 Å². The Balaban J connectivity index is 0. The largest absolute Gasteiger partial charge is 0.481 e. The van der Waals surface area contributed by atoms with Crippen molar-refractivity contribution in [3.63, 3.8) is 0 Å². The molecule has 0 aliphatic heterocycles. The fourth-order valence-corrected chi connectivity index (χ4v) is 1.18. The van der Waals surface area contributed by atoms with Crippen molar-refractivity contribution >= 4 is 23.9 Å². The van der Waals surface area contributed by atoms with Crippen molar-refractivity contribution in [2.24, 2.45) is 11.8 Å². The number of hydrogen-bond donors (Lipinski definition) is 4. The molecule has 4 N–H and O–H groups in total. The van der Waals surface area contributed by atoms with Gasteiger partial charge in [-0.05, 0) is 0 Å². The molecule has 0 rings (SSSR count). The number of hydrogen-bond acceptors (Lipinski definition) is 4. The normalized spacial score (nSPS) is 12.9. The van der Waals surface area contributed by atoms with Crippen molar-refractivity contribution in [3.05, 3.63) is 0 Å². The molecular weight excluding hydrogens is 332 g/mol. The van der Waals surface area contributed by atoms with Gasteiger partial charge in [0.05, 0.1) is 24.7 Å². The monoisotopic (exact) mass is 341 g/mol. The molecule has 0 fully saturated rings. The van der Waals surface area contributed by atoms with E-state index >= 15 is 0 Å². The fourth-order valence-electron chi connectivity index (χ4n) is 1.18. The minimum Gasteiger partial charge on any atom is -0.481 e. The van der Waals surface area contributed by atoms with Crippen molar-refractivity contribution in [1.82, 2.24) is 0 Å². The molecule has 0 aromatic heterocycles. The first kappa shape index (κ1) is 18.0. The number of carbonyl (C=O) groups is 4. The topological polar surface area (TPSA) is 149 Å². The van der Waals surface area contributed by atoms with Crippen LogP contribution in [0.1, 0.15) is 12.8 Å². The molecule has 0 aromatic rings. The summed E-state index contributed by atoms with van der Waals surface area (Å²) in [6.07, 6.45) is -1.86. The third-order valence-corrected chi connectivity index (χ3v) is 1.91. The third kappa shape index (κ3) is 6.72. The van der Waals surface area contributed by atoms with Crippen molar-refractivity contribution in [2.75, 3.05) is 0 Å². The number of aliphatic carboxylic acids is 4. The zero-order valence-corrected chi connectivity index (χ0v) is 9.77. The van der Waals surface area contributed by atoms with Crippen LogP contribution in [0.15, 0.2) is 0 Å². The molecule has 0 heterocycles. The van der Waals surface area contributed by atoms with Crippen molar-refractivity contribution in [1.29, 1.82) is 0 Å². The second-order valence-electron chi connectivity index (χ2n) is 3.09. The van der Waals surface area contributed by atoms with E-state index in [9.17, 15) is 19.2 Å². The molecule has 2 unspecified atom stereocenters. The molecule has 0 aliphatic carbocycles. The molecule has 0 bridgehead atoms. The summed E-state index contributed by atoms with van der Waals surface area (Å²) >= 11 is 0. The molecule has 17 heavy (non-hydrogen) atoms. The van der Waals surface area contributed by atoms with Gasteiger partial charge in [-0.25, -0.2) is 0 Å². The van der Waals surface area contributed by atoms with Crippen molar-refractivity contribution in [3.8, 4) is 0 Å². The molecule has 101 valence electrons. The minimum atomic E-state index is -1.76. The van der Waals surface area contributed by atoms with Gasteiger partial charge in [-0.2, -0.15) is 0 Å². The summed E-state index contributed by atoms with van der Waals surface area (Å²) < 4.78 is 0. The van der Waals surface area contributed by atoms with Crippen molar-refractivity contribution < 1.29 is 62.0 Å². The Morgan fingerprint density at radius 1 is 0.706 bits per heavy atom. The molecule has 0 saturated heterocycles. The molecule has 8 nitrogen and oxygen atoms in total. The van der Waals surface area contributed by atoms with E-state index in [1.807, 2.05) is 0 Å². The zero-order valence-electron chi connectivity index (χ0n) is 8.29. The van der Waals surface area contributed by atoms with Crippen LogP contribution in [0.4, 0.5) is 0 Å². The van der Waals surface area contributed by atoms with Gasteiger partial charge in [-0.3, -0.25) is 19.2 Å². The first-order valence-corrected chi connectivity index (χ1v) is 4.15. The number of carboxylic acids is 4. The maximum absolute atomic E-state index is 10.6. The first-order valence-electron chi connectivity index (χ1n) is 4.15. The summed E-state index contributed by atoms with van der Waals surface area (Å²) in [6.45, 7) is 0. The van der Waals surface area contributed by atoms with Gasteiger partial charge in [-0.15, -0.1) is 0 Å². The van der Waals surface area contributed by atoms with Gasteiger partial charge in [-0.1, -0.05) is 0 Å². The number of rotatable bonds is 7. The maximum atomic E-state index is 10.6. The van der Waals surface area contributed by atoms with E-state index in [0.29, 0.717) is 0 Å². The maximum Gasteiger partial charge on any atom is 0.307 e. The minimum absolute atomic E-state index is 0. The van der Waals surface area contributed by atoms with E-state index in [-0.39, 0.29) is 22.4 Å². The van der Waals surface area contributed by atoms with Crippen LogP contribution in [0, 0.1) is 11.8 Å². The fraction of sp³-hybridized carbons (Fsp3) is 0.500. The van der Waals surface area contributed by atoms with E-state index in [1.165, 1.54) is 0 Å². The summed E-state index contributed by atoms with van der Waals surface area (Å²) in [5.74, 6) is -9.79. The molecule has 0 aliphatic rings. The predicted octanol–water partition coefficient (Wildman–Crippen LogP) is -0.665. The Kier molecular flexibility index (Phi) is 8.28. The van der Waals surface area contributed by atoms with E-state index < -0.39 is 48.6 Å². The molecule has 0 spiro atoms. The Labute approximate surface area is 111 Å². The number of carboxylic acid groups (broad SMARTS) is 4. The Morgan fingerprint density at radius 2 is 0.941 bits per heavy atom. The van der Waals surface area contributed by atoms with Crippen LogP contribution < -0.4 is 0 Å². The molecule has 9 heteroatoms. The molecular formula is C8H10AgO8. The van der Waals surface area contributed by atoms with E-state index in [2.05, 4.69) is 0 Å². The van der Waals surface area contributed by atoms with E-state index in [1.54, 1.807) is 0 Å². The second-order valence-corrected chi connectivity index (χ2v) is 3.09. The van der Waals surface area contributed by atoms with Gasteiger partial charge in [0.15, 0.2) is 0 Å². The summed E-state index contributed by atoms with van der Waals surface area (Å²) in [6, 6.07) is 0. The van der Waals surface area contributed by atoms with Crippen LogP contribution in [0.5, 0.6) is 0 Å². The van der Waals surface area contributed by atoms with Gasteiger partial charge in [0.1, 0.15) is 0 Å². The van der Waals surface area contributed by atoms with Crippen molar-refractivity contribution in [2.45, 2.75) is 12.8 Å². The van der Waals surface area contributed by atoms with Gasteiger partial charge in [0.25, 0.3) is 0 Å². The van der Waals surface area contributed by atoms with Gasteiger partial charge in [0, 0.05) is 22.4 Å². The Morgan fingerprint density at radius 3 is 1.06 bits per heavy atom. The Hall–Kier alpha value is -1.38. The van der Waals surface area contributed by atoms with Crippen LogP contribution in [0.25, 0.3) is 0 Å². The first-order chi connectivity index (χ1) is 7.25. The average Bonchev–Trinajstić information content (AvgIpc) is 2.09. The quantitative estimate of drug-likeness (QED) is 0.445. The van der Waals surface area contributed by atoms with Crippen LogP contribution >= 0.6 is 0 Å². The van der Waals surface area contributed by atoms with Gasteiger partial charge < -0.3 is 20.4 Å². The molecule has 1 radical (unpaired) electrons. The van der Waals surface area contributed by atoms with Crippen LogP contribution in [-0.4, -0.2) is 44.3 Å². The summed E-state index contributed by atoms with van der Waals surface area (Å²) in [5, 5.41) is 34.1. The second kappa shape index (κ2) is 7.82. The van der Waals surface area contributed by atoms with Crippen LogP contribution in [0.2, 0.25) is 0 Å². The summed E-state index contributed by atoms with van der Waals surface area (Å²) in [4.78, 5) is 41.9. The molecule has 2 atom stereocenters. The molecule has 0 amide bonds. The Bertz CT molecular complexity index is 293. The smallest absolute Gasteiger partial charge is 0.307 e.